The summed E-state index contributed by atoms with van der Waals surface area (Å²) in [4.78, 5) is 47.5. The molecule has 0 aliphatic heterocycles. The van der Waals surface area contributed by atoms with Crippen LogP contribution in [0.25, 0.3) is 10.6 Å². The molecular weight excluding hydrogens is 462 g/mol. The first kappa shape index (κ1) is 24.7. The van der Waals surface area contributed by atoms with E-state index in [1.807, 2.05) is 32.9 Å². The molecule has 0 bridgehead atoms. The van der Waals surface area contributed by atoms with E-state index < -0.39 is 11.2 Å². The van der Waals surface area contributed by atoms with Gasteiger partial charge in [0.05, 0.1) is 5.69 Å². The molecule has 0 unspecified atom stereocenters. The molecule has 1 aromatic carbocycles. The zero-order valence-electron chi connectivity index (χ0n) is 19.1. The van der Waals surface area contributed by atoms with Crippen LogP contribution in [-0.2, 0) is 6.54 Å². The van der Waals surface area contributed by atoms with Crippen LogP contribution in [0, 0.1) is 12.8 Å². The second kappa shape index (κ2) is 10.4. The highest BCUT2D eigenvalue weighted by Crippen LogP contribution is 2.31. The fraction of sp³-hybridized carbons (Fsp3) is 0.391. The minimum Gasteiger partial charge on any atom is -0.383 e. The molecule has 3 N–H and O–H groups in total. The number of aryl methyl sites for hydroxylation is 1. The summed E-state index contributed by atoms with van der Waals surface area (Å²) in [7, 11) is 0. The van der Waals surface area contributed by atoms with Gasteiger partial charge in [0.15, 0.2) is 5.69 Å². The topological polar surface area (TPSA) is 114 Å². The van der Waals surface area contributed by atoms with Crippen LogP contribution in [0.15, 0.2) is 33.9 Å². The Kier molecular flexibility index (Phi) is 7.76. The quantitative estimate of drug-likeness (QED) is 0.489. The molecule has 8 nitrogen and oxygen atoms in total. The number of unbranched alkanes of at least 4 members (excludes halogenated alkanes) is 1. The van der Waals surface area contributed by atoms with Crippen LogP contribution in [0.3, 0.4) is 0 Å². The Hall–Kier alpha value is -2.91. The molecule has 0 atom stereocenters. The molecule has 0 fully saturated rings. The maximum Gasteiger partial charge on any atom is 0.330 e. The Morgan fingerprint density at radius 2 is 2.06 bits per heavy atom. The number of carbonyl (C=O) groups excluding carboxylic acids is 1. The maximum atomic E-state index is 13.7. The number of anilines is 2. The lowest BCUT2D eigenvalue weighted by molar-refractivity contribution is 0.0989. The molecule has 0 saturated heterocycles. The van der Waals surface area contributed by atoms with E-state index >= 15 is 0 Å². The van der Waals surface area contributed by atoms with Gasteiger partial charge in [0.2, 0.25) is 0 Å². The first-order valence-electron chi connectivity index (χ1n) is 10.8. The van der Waals surface area contributed by atoms with E-state index in [0.717, 1.165) is 12.0 Å². The molecule has 0 radical (unpaired) electrons. The smallest absolute Gasteiger partial charge is 0.330 e. The SMILES string of the molecule is CCCCN(C(=O)c1sc(-c2cccc(Cl)c2)nc1C)c1c(N)n(CC(C)C)c(=O)[nH]c1=O. The van der Waals surface area contributed by atoms with E-state index in [2.05, 4.69) is 9.97 Å². The third-order valence-electron chi connectivity index (χ3n) is 5.07. The summed E-state index contributed by atoms with van der Waals surface area (Å²) >= 11 is 7.34. The number of amides is 1. The molecule has 3 aromatic rings. The zero-order chi connectivity index (χ0) is 24.3. The fourth-order valence-electron chi connectivity index (χ4n) is 3.48. The first-order chi connectivity index (χ1) is 15.6. The molecule has 0 aliphatic carbocycles. The van der Waals surface area contributed by atoms with Crippen molar-refractivity contribution in [3.05, 3.63) is 60.7 Å². The summed E-state index contributed by atoms with van der Waals surface area (Å²) in [5.41, 5.74) is 6.37. The highest BCUT2D eigenvalue weighted by atomic mass is 35.5. The molecule has 176 valence electrons. The lowest BCUT2D eigenvalue weighted by Gasteiger charge is -2.24. The van der Waals surface area contributed by atoms with Crippen LogP contribution in [0.4, 0.5) is 11.5 Å². The predicted octanol–water partition coefficient (Wildman–Crippen LogP) is 4.31. The number of hydrogen-bond acceptors (Lipinski definition) is 6. The molecule has 2 aromatic heterocycles. The normalized spacial score (nSPS) is 11.2. The predicted molar refractivity (Wildman–Crippen MR) is 134 cm³/mol. The number of rotatable bonds is 8. The molecule has 0 aliphatic rings. The Labute approximate surface area is 201 Å². The molecule has 3 rings (SSSR count). The van der Waals surface area contributed by atoms with E-state index in [1.54, 1.807) is 19.1 Å². The second-order valence-corrected chi connectivity index (χ2v) is 9.69. The van der Waals surface area contributed by atoms with Gasteiger partial charge in [-0.1, -0.05) is 50.9 Å². The Morgan fingerprint density at radius 3 is 2.70 bits per heavy atom. The van der Waals surface area contributed by atoms with E-state index in [0.29, 0.717) is 33.6 Å². The molecule has 10 heteroatoms. The number of benzene rings is 1. The highest BCUT2D eigenvalue weighted by molar-refractivity contribution is 7.17. The van der Waals surface area contributed by atoms with Gasteiger partial charge in [-0.3, -0.25) is 24.0 Å². The number of halogens is 1. The summed E-state index contributed by atoms with van der Waals surface area (Å²) in [6.45, 7) is 8.23. The van der Waals surface area contributed by atoms with Crippen molar-refractivity contribution in [2.45, 2.75) is 47.1 Å². The average molecular weight is 490 g/mol. The van der Waals surface area contributed by atoms with E-state index in [9.17, 15) is 14.4 Å². The van der Waals surface area contributed by atoms with Gasteiger partial charge in [-0.15, -0.1) is 11.3 Å². The van der Waals surface area contributed by atoms with E-state index in [-0.39, 0.29) is 29.9 Å². The lowest BCUT2D eigenvalue weighted by Crippen LogP contribution is -2.42. The van der Waals surface area contributed by atoms with Crippen molar-refractivity contribution in [3.63, 3.8) is 0 Å². The highest BCUT2D eigenvalue weighted by Gasteiger charge is 2.28. The molecule has 0 saturated carbocycles. The zero-order valence-corrected chi connectivity index (χ0v) is 20.7. The number of nitrogens with two attached hydrogens (primary N) is 1. The molecular formula is C23H28ClN5O3S. The van der Waals surface area contributed by atoms with Crippen molar-refractivity contribution in [1.29, 1.82) is 0 Å². The summed E-state index contributed by atoms with van der Waals surface area (Å²) in [6, 6.07) is 7.25. The number of aromatic nitrogens is 3. The first-order valence-corrected chi connectivity index (χ1v) is 12.0. The molecule has 2 heterocycles. The standard InChI is InChI=1S/C23H28ClN5O3S/c1-5-6-10-28(17-19(25)29(12-13(2)3)23(32)27-20(17)30)22(31)18-14(4)26-21(33-18)15-8-7-9-16(24)11-15/h7-9,11,13H,5-6,10,12,25H2,1-4H3,(H,27,30,32). The van der Waals surface area contributed by atoms with Gasteiger partial charge < -0.3 is 5.73 Å². The van der Waals surface area contributed by atoms with Gasteiger partial charge in [0.1, 0.15) is 15.7 Å². The van der Waals surface area contributed by atoms with Crippen LogP contribution in [0.5, 0.6) is 0 Å². The summed E-state index contributed by atoms with van der Waals surface area (Å²) in [5, 5.41) is 1.23. The van der Waals surface area contributed by atoms with E-state index in [1.165, 1.54) is 20.8 Å². The van der Waals surface area contributed by atoms with Crippen molar-refractivity contribution in [2.75, 3.05) is 17.2 Å². The van der Waals surface area contributed by atoms with Crippen molar-refractivity contribution in [2.24, 2.45) is 5.92 Å². The van der Waals surface area contributed by atoms with Crippen LogP contribution >= 0.6 is 22.9 Å². The Bertz CT molecular complexity index is 1280. The largest absolute Gasteiger partial charge is 0.383 e. The number of carbonyl (C=O) groups is 1. The second-order valence-electron chi connectivity index (χ2n) is 8.25. The van der Waals surface area contributed by atoms with Crippen molar-refractivity contribution < 1.29 is 4.79 Å². The van der Waals surface area contributed by atoms with Gasteiger partial charge in [-0.2, -0.15) is 0 Å². The van der Waals surface area contributed by atoms with Crippen molar-refractivity contribution in [1.82, 2.24) is 14.5 Å². The van der Waals surface area contributed by atoms with Crippen molar-refractivity contribution >= 4 is 40.4 Å². The minimum absolute atomic E-state index is 0.00851. The summed E-state index contributed by atoms with van der Waals surface area (Å²) in [5.74, 6) is -0.273. The number of nitrogen functional groups attached to an aromatic ring is 1. The average Bonchev–Trinajstić information content (AvgIpc) is 3.14. The van der Waals surface area contributed by atoms with Crippen LogP contribution in [0.2, 0.25) is 5.02 Å². The number of nitrogens with zero attached hydrogens (tertiary/aromatic N) is 3. The molecule has 0 spiro atoms. The Morgan fingerprint density at radius 1 is 1.33 bits per heavy atom. The van der Waals surface area contributed by atoms with Gasteiger partial charge >= 0.3 is 5.69 Å². The number of hydrogen-bond donors (Lipinski definition) is 2. The number of aromatic amines is 1. The Balaban J connectivity index is 2.11. The number of H-pyrrole nitrogens is 1. The molecule has 1 amide bonds. The minimum atomic E-state index is -0.681. The van der Waals surface area contributed by atoms with Crippen LogP contribution in [-0.4, -0.2) is 27.0 Å². The third kappa shape index (κ3) is 5.36. The fourth-order valence-corrected chi connectivity index (χ4v) is 4.68. The van der Waals surface area contributed by atoms with Gasteiger partial charge in [-0.25, -0.2) is 9.78 Å². The lowest BCUT2D eigenvalue weighted by atomic mass is 10.2. The van der Waals surface area contributed by atoms with Gasteiger partial charge in [-0.05, 0) is 31.4 Å². The van der Waals surface area contributed by atoms with Crippen LogP contribution in [0.1, 0.15) is 49.0 Å². The van der Waals surface area contributed by atoms with E-state index in [4.69, 9.17) is 17.3 Å². The van der Waals surface area contributed by atoms with Gasteiger partial charge in [0.25, 0.3) is 11.5 Å². The van der Waals surface area contributed by atoms with Gasteiger partial charge in [0, 0.05) is 23.7 Å². The number of nitrogens with one attached hydrogen (secondary N) is 1. The maximum absolute atomic E-state index is 13.7. The number of thiazole rings is 1. The molecule has 33 heavy (non-hydrogen) atoms. The summed E-state index contributed by atoms with van der Waals surface area (Å²) < 4.78 is 1.31. The third-order valence-corrected chi connectivity index (χ3v) is 6.50. The van der Waals surface area contributed by atoms with Crippen molar-refractivity contribution in [3.8, 4) is 10.6 Å². The summed E-state index contributed by atoms with van der Waals surface area (Å²) in [6.07, 6.45) is 1.47. The van der Waals surface area contributed by atoms with Crippen LogP contribution < -0.4 is 21.9 Å². The monoisotopic (exact) mass is 489 g/mol.